The van der Waals surface area contributed by atoms with Crippen LogP contribution in [-0.2, 0) is 19.1 Å². The number of hydrogen-bond acceptors (Lipinski definition) is 4. The molecule has 116 valence electrons. The van der Waals surface area contributed by atoms with Crippen LogP contribution in [0, 0.1) is 0 Å². The zero-order valence-corrected chi connectivity index (χ0v) is 12.6. The summed E-state index contributed by atoms with van der Waals surface area (Å²) in [6.45, 7) is 0. The van der Waals surface area contributed by atoms with Gasteiger partial charge in [0.15, 0.2) is 5.76 Å². The molecule has 0 radical (unpaired) electrons. The molecule has 0 fully saturated rings. The molecule has 0 spiro atoms. The molecule has 0 aliphatic carbocycles. The minimum atomic E-state index is -0.583. The van der Waals surface area contributed by atoms with Crippen LogP contribution in [0.2, 0.25) is 0 Å². The van der Waals surface area contributed by atoms with Gasteiger partial charge in [-0.05, 0) is 0 Å². The van der Waals surface area contributed by atoms with Gasteiger partial charge in [0.05, 0.1) is 0 Å². The van der Waals surface area contributed by atoms with Crippen molar-refractivity contribution in [2.75, 3.05) is 0 Å². The maximum Gasteiger partial charge on any atom is 0.347 e. The molecule has 2 heterocycles. The Morgan fingerprint density at radius 2 is 1.17 bits per heavy atom. The third-order valence-electron chi connectivity index (χ3n) is 3.76. The van der Waals surface area contributed by atoms with Gasteiger partial charge >= 0.3 is 5.97 Å². The summed E-state index contributed by atoms with van der Waals surface area (Å²) in [4.78, 5) is 24.4. The molecule has 0 unspecified atom stereocenters. The van der Waals surface area contributed by atoms with Gasteiger partial charge in [-0.25, -0.2) is 4.79 Å². The summed E-state index contributed by atoms with van der Waals surface area (Å²) in [5, 5.41) is 0. The fourth-order valence-electron chi connectivity index (χ4n) is 2.58. The fourth-order valence-corrected chi connectivity index (χ4v) is 2.58. The molecule has 4 nitrogen and oxygen atoms in total. The standard InChI is InChI=1S/C20H12O4/c21-16-12-18(14-9-5-2-6-10-14)23-19(16)15-11-17(24-20(15)22)13-7-3-1-4-8-13/h1-12H. The fraction of sp³-hybridized carbons (Fsp3) is 0. The molecule has 2 aliphatic rings. The quantitative estimate of drug-likeness (QED) is 0.629. The smallest absolute Gasteiger partial charge is 0.347 e. The number of carbonyl (C=O) groups excluding carboxylic acids is 2. The van der Waals surface area contributed by atoms with Crippen molar-refractivity contribution >= 4 is 23.3 Å². The van der Waals surface area contributed by atoms with Crippen molar-refractivity contribution < 1.29 is 19.1 Å². The van der Waals surface area contributed by atoms with Gasteiger partial charge in [-0.2, -0.15) is 0 Å². The highest BCUT2D eigenvalue weighted by molar-refractivity contribution is 6.16. The van der Waals surface area contributed by atoms with Crippen molar-refractivity contribution in [2.24, 2.45) is 0 Å². The highest BCUT2D eigenvalue weighted by Crippen LogP contribution is 2.33. The van der Waals surface area contributed by atoms with E-state index in [4.69, 9.17) is 9.47 Å². The number of ether oxygens (including phenoxy) is 2. The van der Waals surface area contributed by atoms with Gasteiger partial charge in [0.2, 0.25) is 5.78 Å². The van der Waals surface area contributed by atoms with Crippen LogP contribution >= 0.6 is 0 Å². The second-order valence-corrected chi connectivity index (χ2v) is 5.35. The zero-order valence-electron chi connectivity index (χ0n) is 12.6. The van der Waals surface area contributed by atoms with E-state index in [0.29, 0.717) is 11.5 Å². The molecule has 0 amide bonds. The van der Waals surface area contributed by atoms with Gasteiger partial charge in [0.1, 0.15) is 17.1 Å². The van der Waals surface area contributed by atoms with Gasteiger partial charge in [-0.1, -0.05) is 60.7 Å². The third-order valence-corrected chi connectivity index (χ3v) is 3.76. The van der Waals surface area contributed by atoms with Crippen LogP contribution < -0.4 is 0 Å². The lowest BCUT2D eigenvalue weighted by molar-refractivity contribution is -0.131. The van der Waals surface area contributed by atoms with E-state index in [1.807, 2.05) is 60.7 Å². The van der Waals surface area contributed by atoms with E-state index in [2.05, 4.69) is 0 Å². The number of rotatable bonds is 2. The highest BCUT2D eigenvalue weighted by atomic mass is 16.5. The highest BCUT2D eigenvalue weighted by Gasteiger charge is 2.33. The van der Waals surface area contributed by atoms with Crippen molar-refractivity contribution in [3.05, 3.63) is 95.3 Å². The van der Waals surface area contributed by atoms with Crippen LogP contribution in [0.3, 0.4) is 0 Å². The van der Waals surface area contributed by atoms with E-state index in [9.17, 15) is 9.59 Å². The predicted octanol–water partition coefficient (Wildman–Crippen LogP) is 3.48. The van der Waals surface area contributed by atoms with Crippen molar-refractivity contribution in [3.63, 3.8) is 0 Å². The molecule has 4 heteroatoms. The molecule has 0 saturated heterocycles. The average molecular weight is 316 g/mol. The zero-order chi connectivity index (χ0) is 16.5. The van der Waals surface area contributed by atoms with Crippen LogP contribution in [0.5, 0.6) is 0 Å². The molecule has 24 heavy (non-hydrogen) atoms. The van der Waals surface area contributed by atoms with Crippen molar-refractivity contribution in [2.45, 2.75) is 0 Å². The Morgan fingerprint density at radius 1 is 0.625 bits per heavy atom. The topological polar surface area (TPSA) is 52.6 Å². The predicted molar refractivity (Wildman–Crippen MR) is 88.0 cm³/mol. The summed E-state index contributed by atoms with van der Waals surface area (Å²) in [7, 11) is 0. The van der Waals surface area contributed by atoms with E-state index < -0.39 is 5.97 Å². The Hall–Kier alpha value is -3.40. The van der Waals surface area contributed by atoms with E-state index in [-0.39, 0.29) is 17.1 Å². The van der Waals surface area contributed by atoms with Gasteiger partial charge in [0.25, 0.3) is 0 Å². The monoisotopic (exact) mass is 316 g/mol. The lowest BCUT2D eigenvalue weighted by atomic mass is 10.1. The molecule has 4 rings (SSSR count). The molecule has 0 saturated carbocycles. The lowest BCUT2D eigenvalue weighted by Gasteiger charge is -2.04. The second kappa shape index (κ2) is 5.66. The molecule has 2 aromatic rings. The largest absolute Gasteiger partial charge is 0.452 e. The van der Waals surface area contributed by atoms with Crippen LogP contribution in [0.25, 0.3) is 11.5 Å². The Labute approximate surface area is 138 Å². The van der Waals surface area contributed by atoms with Crippen molar-refractivity contribution in [1.82, 2.24) is 0 Å². The minimum absolute atomic E-state index is 0.00443. The number of ketones is 1. The summed E-state index contributed by atoms with van der Waals surface area (Å²) < 4.78 is 10.9. The summed E-state index contributed by atoms with van der Waals surface area (Å²) in [5.74, 6) is -0.0822. The van der Waals surface area contributed by atoms with E-state index in [0.717, 1.165) is 11.1 Å². The van der Waals surface area contributed by atoms with Crippen LogP contribution in [0.1, 0.15) is 11.1 Å². The molecule has 0 aromatic heterocycles. The first-order chi connectivity index (χ1) is 11.7. The van der Waals surface area contributed by atoms with Crippen molar-refractivity contribution in [1.29, 1.82) is 0 Å². The second-order valence-electron chi connectivity index (χ2n) is 5.35. The normalized spacial score (nSPS) is 19.7. The van der Waals surface area contributed by atoms with Gasteiger partial charge in [-0.15, -0.1) is 0 Å². The van der Waals surface area contributed by atoms with Gasteiger partial charge in [-0.3, -0.25) is 4.79 Å². The maximum absolute atomic E-state index is 12.2. The molecule has 0 bridgehead atoms. The molecular formula is C20H12O4. The lowest BCUT2D eigenvalue weighted by Crippen LogP contribution is -2.05. The summed E-state index contributed by atoms with van der Waals surface area (Å²) in [6, 6.07) is 18.5. The molecule has 2 aliphatic heterocycles. The SMILES string of the molecule is O=C1C=C(c2ccccc2)OC1=C1C=C(c2ccccc2)OC1=O. The first kappa shape index (κ1) is 14.2. The van der Waals surface area contributed by atoms with Crippen molar-refractivity contribution in [3.8, 4) is 0 Å². The Bertz CT molecular complexity index is 919. The first-order valence-electron chi connectivity index (χ1n) is 7.45. The summed E-state index contributed by atoms with van der Waals surface area (Å²) in [5.41, 5.74) is 1.68. The average Bonchev–Trinajstić information content (AvgIpc) is 3.19. The van der Waals surface area contributed by atoms with Crippen LogP contribution in [0.15, 0.2) is 84.1 Å². The number of carbonyl (C=O) groups is 2. The Balaban J connectivity index is 1.69. The Kier molecular flexibility index (Phi) is 3.35. The van der Waals surface area contributed by atoms with E-state index in [1.54, 1.807) is 6.08 Å². The number of cyclic esters (lactones) is 1. The van der Waals surface area contributed by atoms with Crippen LogP contribution in [0.4, 0.5) is 0 Å². The molecular weight excluding hydrogens is 304 g/mol. The number of allylic oxidation sites excluding steroid dienone is 1. The van der Waals surface area contributed by atoms with Gasteiger partial charge < -0.3 is 9.47 Å². The molecule has 2 aromatic carbocycles. The van der Waals surface area contributed by atoms with E-state index in [1.165, 1.54) is 6.08 Å². The molecule has 0 N–H and O–H groups in total. The van der Waals surface area contributed by atoms with E-state index >= 15 is 0 Å². The Morgan fingerprint density at radius 3 is 1.75 bits per heavy atom. The number of benzene rings is 2. The number of hydrogen-bond donors (Lipinski definition) is 0. The summed E-state index contributed by atoms with van der Waals surface area (Å²) in [6.07, 6.45) is 2.94. The first-order valence-corrected chi connectivity index (χ1v) is 7.45. The summed E-state index contributed by atoms with van der Waals surface area (Å²) >= 11 is 0. The number of esters is 1. The van der Waals surface area contributed by atoms with Gasteiger partial charge in [0, 0.05) is 23.3 Å². The maximum atomic E-state index is 12.2. The third kappa shape index (κ3) is 2.44. The molecule has 0 atom stereocenters. The minimum Gasteiger partial charge on any atom is -0.452 e. The van der Waals surface area contributed by atoms with Crippen LogP contribution in [-0.4, -0.2) is 11.8 Å².